The molecule has 5 rings (SSSR count). The first-order chi connectivity index (χ1) is 12.6. The van der Waals surface area contributed by atoms with E-state index in [1.807, 2.05) is 12.1 Å². The van der Waals surface area contributed by atoms with Gasteiger partial charge in [-0.2, -0.15) is 0 Å². The van der Waals surface area contributed by atoms with E-state index in [1.165, 1.54) is 4.90 Å². The first-order valence-electron chi connectivity index (χ1n) is 8.72. The zero-order valence-corrected chi connectivity index (χ0v) is 14.6. The van der Waals surface area contributed by atoms with Gasteiger partial charge in [-0.25, -0.2) is 0 Å². The van der Waals surface area contributed by atoms with Crippen LogP contribution in [0.15, 0.2) is 60.7 Å². The lowest BCUT2D eigenvalue weighted by atomic mass is 9.85. The molecular weight excluding hydrogens is 350 g/mol. The first-order valence-corrected chi connectivity index (χ1v) is 9.10. The van der Waals surface area contributed by atoms with Crippen LogP contribution in [0, 0.1) is 23.7 Å². The molecule has 0 radical (unpaired) electrons. The third-order valence-corrected chi connectivity index (χ3v) is 5.94. The van der Waals surface area contributed by atoms with Crippen LogP contribution in [-0.2, 0) is 9.59 Å². The topological polar surface area (TPSA) is 46.6 Å². The number of anilines is 1. The second kappa shape index (κ2) is 5.71. The van der Waals surface area contributed by atoms with Crippen molar-refractivity contribution in [1.29, 1.82) is 0 Å². The van der Waals surface area contributed by atoms with Crippen molar-refractivity contribution in [3.8, 4) is 11.5 Å². The van der Waals surface area contributed by atoms with Gasteiger partial charge in [0.15, 0.2) is 0 Å². The van der Waals surface area contributed by atoms with Crippen molar-refractivity contribution in [2.45, 2.75) is 6.42 Å². The molecule has 0 aromatic heterocycles. The Hall–Kier alpha value is -2.59. The number of carbonyl (C=O) groups excluding carboxylic acids is 2. The van der Waals surface area contributed by atoms with E-state index in [9.17, 15) is 9.59 Å². The Morgan fingerprint density at radius 2 is 1.50 bits per heavy atom. The molecule has 2 aromatic rings. The summed E-state index contributed by atoms with van der Waals surface area (Å²) in [7, 11) is 0. The minimum atomic E-state index is -0.184. The lowest BCUT2D eigenvalue weighted by molar-refractivity contribution is -0.123. The van der Waals surface area contributed by atoms with Crippen molar-refractivity contribution < 1.29 is 14.3 Å². The largest absolute Gasteiger partial charge is 0.456 e. The van der Waals surface area contributed by atoms with Crippen LogP contribution in [0.4, 0.5) is 5.69 Å². The van der Waals surface area contributed by atoms with Gasteiger partial charge >= 0.3 is 0 Å². The molecule has 4 unspecified atom stereocenters. The maximum atomic E-state index is 12.8. The number of carbonyl (C=O) groups is 2. The van der Waals surface area contributed by atoms with Crippen molar-refractivity contribution >= 4 is 29.1 Å². The van der Waals surface area contributed by atoms with E-state index in [4.69, 9.17) is 16.3 Å². The van der Waals surface area contributed by atoms with E-state index in [0.717, 1.165) is 6.42 Å². The number of halogens is 1. The van der Waals surface area contributed by atoms with Gasteiger partial charge in [0.1, 0.15) is 11.5 Å². The van der Waals surface area contributed by atoms with Gasteiger partial charge in [-0.15, -0.1) is 0 Å². The Bertz CT molecular complexity index is 907. The molecule has 26 heavy (non-hydrogen) atoms. The summed E-state index contributed by atoms with van der Waals surface area (Å²) in [6.07, 6.45) is 5.13. The fraction of sp³-hybridized carbons (Fsp3) is 0.238. The molecule has 4 nitrogen and oxygen atoms in total. The normalized spacial score (nSPS) is 28.7. The number of hydrogen-bond acceptors (Lipinski definition) is 3. The summed E-state index contributed by atoms with van der Waals surface area (Å²) in [5.41, 5.74) is 0.598. The Kier molecular flexibility index (Phi) is 3.44. The van der Waals surface area contributed by atoms with E-state index in [1.54, 1.807) is 36.4 Å². The number of nitrogens with zero attached hydrogens (tertiary/aromatic N) is 1. The van der Waals surface area contributed by atoms with Gasteiger partial charge in [0.25, 0.3) is 0 Å². The highest BCUT2D eigenvalue weighted by atomic mass is 35.5. The number of ether oxygens (including phenoxy) is 1. The quantitative estimate of drug-likeness (QED) is 0.596. The number of fused-ring (bicyclic) bond motifs is 5. The molecule has 1 saturated heterocycles. The molecular formula is C21H16ClNO3. The lowest BCUT2D eigenvalue weighted by Crippen LogP contribution is -2.32. The van der Waals surface area contributed by atoms with Gasteiger partial charge in [-0.3, -0.25) is 14.5 Å². The summed E-state index contributed by atoms with van der Waals surface area (Å²) in [6, 6.07) is 14.2. The molecule has 0 N–H and O–H groups in total. The Morgan fingerprint density at radius 3 is 2.12 bits per heavy atom. The van der Waals surface area contributed by atoms with Crippen LogP contribution in [0.1, 0.15) is 6.42 Å². The SMILES string of the molecule is O=C1C2C3C=CC(C3)C2C(=O)N1c1ccc(Oc2ccccc2Cl)cc1. The van der Waals surface area contributed by atoms with Crippen LogP contribution < -0.4 is 9.64 Å². The predicted octanol–water partition coefficient (Wildman–Crippen LogP) is 4.44. The van der Waals surface area contributed by atoms with Gasteiger partial charge in [-0.05, 0) is 54.7 Å². The van der Waals surface area contributed by atoms with E-state index in [-0.39, 0.29) is 35.5 Å². The molecule has 2 amide bonds. The lowest BCUT2D eigenvalue weighted by Gasteiger charge is -2.17. The predicted molar refractivity (Wildman–Crippen MR) is 98.2 cm³/mol. The zero-order chi connectivity index (χ0) is 17.8. The maximum Gasteiger partial charge on any atom is 0.238 e. The van der Waals surface area contributed by atoms with Crippen LogP contribution in [-0.4, -0.2) is 11.8 Å². The van der Waals surface area contributed by atoms with E-state index in [2.05, 4.69) is 12.2 Å². The number of allylic oxidation sites excluding steroid dienone is 2. The molecule has 2 aliphatic carbocycles. The average Bonchev–Trinajstić information content (AvgIpc) is 3.32. The van der Waals surface area contributed by atoms with Gasteiger partial charge < -0.3 is 4.74 Å². The number of rotatable bonds is 3. The number of hydrogen-bond donors (Lipinski definition) is 0. The van der Waals surface area contributed by atoms with Gasteiger partial charge in [0.05, 0.1) is 22.5 Å². The van der Waals surface area contributed by atoms with Crippen LogP contribution in [0.2, 0.25) is 5.02 Å². The van der Waals surface area contributed by atoms with Crippen molar-refractivity contribution in [2.24, 2.45) is 23.7 Å². The molecule has 4 atom stereocenters. The molecule has 1 heterocycles. The second-order valence-electron chi connectivity index (χ2n) is 7.04. The van der Waals surface area contributed by atoms with Crippen molar-refractivity contribution in [3.63, 3.8) is 0 Å². The highest BCUT2D eigenvalue weighted by molar-refractivity contribution is 6.32. The standard InChI is InChI=1S/C21H16ClNO3/c22-16-3-1-2-4-17(16)26-15-9-7-14(8-10-15)23-20(24)18-12-5-6-13(11-12)19(18)21(23)25/h1-10,12-13,18-19H,11H2. The molecule has 2 fully saturated rings. The van der Waals surface area contributed by atoms with Crippen LogP contribution in [0.5, 0.6) is 11.5 Å². The maximum absolute atomic E-state index is 12.8. The van der Waals surface area contributed by atoms with Crippen molar-refractivity contribution in [2.75, 3.05) is 4.90 Å². The number of imide groups is 1. The number of para-hydroxylation sites is 1. The molecule has 5 heteroatoms. The third-order valence-electron chi connectivity index (χ3n) is 5.63. The van der Waals surface area contributed by atoms with Crippen molar-refractivity contribution in [3.05, 3.63) is 65.7 Å². The molecule has 3 aliphatic rings. The Balaban J connectivity index is 1.39. The number of benzene rings is 2. The fourth-order valence-corrected chi connectivity index (χ4v) is 4.65. The molecule has 2 bridgehead atoms. The van der Waals surface area contributed by atoms with Gasteiger partial charge in [0, 0.05) is 0 Å². The second-order valence-corrected chi connectivity index (χ2v) is 7.45. The average molecular weight is 366 g/mol. The number of amides is 2. The minimum absolute atomic E-state index is 0.0726. The minimum Gasteiger partial charge on any atom is -0.456 e. The van der Waals surface area contributed by atoms with Gasteiger partial charge in [0.2, 0.25) is 11.8 Å². The summed E-state index contributed by atoms with van der Waals surface area (Å²) in [5, 5.41) is 0.525. The van der Waals surface area contributed by atoms with E-state index in [0.29, 0.717) is 22.2 Å². The Labute approximate surface area is 156 Å². The fourth-order valence-electron chi connectivity index (χ4n) is 4.47. The molecule has 0 spiro atoms. The van der Waals surface area contributed by atoms with Crippen molar-refractivity contribution in [1.82, 2.24) is 0 Å². The Morgan fingerprint density at radius 1 is 0.885 bits per heavy atom. The monoisotopic (exact) mass is 365 g/mol. The van der Waals surface area contributed by atoms with E-state index < -0.39 is 0 Å². The highest BCUT2D eigenvalue weighted by Gasteiger charge is 2.59. The molecule has 1 aliphatic heterocycles. The molecule has 130 valence electrons. The third kappa shape index (κ3) is 2.22. The van der Waals surface area contributed by atoms with Crippen LogP contribution in [0.25, 0.3) is 0 Å². The summed E-state index contributed by atoms with van der Waals surface area (Å²) in [4.78, 5) is 27.0. The summed E-state index contributed by atoms with van der Waals surface area (Å²) < 4.78 is 5.77. The van der Waals surface area contributed by atoms with Crippen LogP contribution in [0.3, 0.4) is 0 Å². The first kappa shape index (κ1) is 15.6. The molecule has 2 aromatic carbocycles. The summed E-state index contributed by atoms with van der Waals surface area (Å²) >= 11 is 6.11. The summed E-state index contributed by atoms with van der Waals surface area (Å²) in [5.74, 6) is 1.08. The van der Waals surface area contributed by atoms with Gasteiger partial charge in [-0.1, -0.05) is 35.9 Å². The van der Waals surface area contributed by atoms with E-state index >= 15 is 0 Å². The molecule has 1 saturated carbocycles. The smallest absolute Gasteiger partial charge is 0.238 e. The van der Waals surface area contributed by atoms with Crippen LogP contribution >= 0.6 is 11.6 Å². The highest BCUT2D eigenvalue weighted by Crippen LogP contribution is 2.53. The summed E-state index contributed by atoms with van der Waals surface area (Å²) in [6.45, 7) is 0. The zero-order valence-electron chi connectivity index (χ0n) is 13.8.